The zero-order valence-corrected chi connectivity index (χ0v) is 10.0. The Bertz CT molecular complexity index is 300. The van der Waals surface area contributed by atoms with E-state index >= 15 is 0 Å². The van der Waals surface area contributed by atoms with E-state index in [1.165, 1.54) is 0 Å². The predicted octanol–water partition coefficient (Wildman–Crippen LogP) is -0.00730. The van der Waals surface area contributed by atoms with Crippen LogP contribution in [-0.2, 0) is 14.4 Å². The Labute approximate surface area is 100 Å². The van der Waals surface area contributed by atoms with Crippen LogP contribution in [0, 0.1) is 0 Å². The summed E-state index contributed by atoms with van der Waals surface area (Å²) in [6.45, 7) is 2.04. The molecule has 0 spiro atoms. The summed E-state index contributed by atoms with van der Waals surface area (Å²) in [5.41, 5.74) is 4.31. The summed E-state index contributed by atoms with van der Waals surface area (Å²) in [7, 11) is 0. The van der Waals surface area contributed by atoms with Crippen molar-refractivity contribution in [2.45, 2.75) is 51.5 Å². The molecular weight excluding hydrogens is 222 g/mol. The van der Waals surface area contributed by atoms with E-state index in [2.05, 4.69) is 16.2 Å². The van der Waals surface area contributed by atoms with E-state index in [9.17, 15) is 14.4 Å². The van der Waals surface area contributed by atoms with Gasteiger partial charge in [0.1, 0.15) is 0 Å². The largest absolute Gasteiger partial charge is 0.345 e. The van der Waals surface area contributed by atoms with Crippen LogP contribution in [0.3, 0.4) is 0 Å². The molecule has 3 amide bonds. The molecule has 0 bridgehead atoms. The summed E-state index contributed by atoms with van der Waals surface area (Å²) in [5, 5.41) is 2.53. The van der Waals surface area contributed by atoms with Crippen molar-refractivity contribution < 1.29 is 14.4 Å². The highest BCUT2D eigenvalue weighted by atomic mass is 16.2. The second kappa shape index (κ2) is 6.88. The van der Waals surface area contributed by atoms with Gasteiger partial charge in [-0.15, -0.1) is 0 Å². The molecule has 0 aromatic heterocycles. The second-order valence-electron chi connectivity index (χ2n) is 4.21. The molecule has 0 aromatic rings. The minimum atomic E-state index is -0.819. The average molecular weight is 241 g/mol. The van der Waals surface area contributed by atoms with Crippen LogP contribution in [0.2, 0.25) is 0 Å². The van der Waals surface area contributed by atoms with Gasteiger partial charge in [-0.2, -0.15) is 0 Å². The maximum absolute atomic E-state index is 11.2. The van der Waals surface area contributed by atoms with Crippen LogP contribution in [0.5, 0.6) is 0 Å². The van der Waals surface area contributed by atoms with E-state index in [0.717, 1.165) is 32.1 Å². The van der Waals surface area contributed by atoms with Crippen molar-refractivity contribution in [3.8, 4) is 0 Å². The Balaban J connectivity index is 2.09. The fraction of sp³-hybridized carbons (Fsp3) is 0.727. The highest BCUT2D eigenvalue weighted by molar-refractivity contribution is 6.35. The topological polar surface area (TPSA) is 87.3 Å². The molecular formula is C11H19N3O3. The number of carbonyl (C=O) groups is 3. The molecule has 1 aliphatic carbocycles. The van der Waals surface area contributed by atoms with E-state index in [0.29, 0.717) is 6.42 Å². The summed E-state index contributed by atoms with van der Waals surface area (Å²) >= 11 is 0. The number of hydrazine groups is 1. The minimum absolute atomic E-state index is 0.133. The van der Waals surface area contributed by atoms with Gasteiger partial charge in [0.05, 0.1) is 0 Å². The Morgan fingerprint density at radius 3 is 2.35 bits per heavy atom. The number of hydrogen-bond donors (Lipinski definition) is 3. The molecule has 0 aliphatic heterocycles. The first-order valence-electron chi connectivity index (χ1n) is 6.03. The molecule has 0 saturated heterocycles. The first-order valence-corrected chi connectivity index (χ1v) is 6.03. The van der Waals surface area contributed by atoms with Crippen molar-refractivity contribution in [3.05, 3.63) is 0 Å². The third-order valence-electron chi connectivity index (χ3n) is 2.44. The molecule has 0 radical (unpaired) electrons. The fourth-order valence-corrected chi connectivity index (χ4v) is 1.26. The first kappa shape index (κ1) is 13.5. The normalized spacial score (nSPS) is 13.9. The van der Waals surface area contributed by atoms with Gasteiger partial charge in [0.25, 0.3) is 0 Å². The number of nitrogens with one attached hydrogen (secondary N) is 3. The summed E-state index contributed by atoms with van der Waals surface area (Å²) < 4.78 is 0. The predicted molar refractivity (Wildman–Crippen MR) is 61.6 cm³/mol. The van der Waals surface area contributed by atoms with Crippen LogP contribution in [0.1, 0.15) is 45.4 Å². The van der Waals surface area contributed by atoms with E-state index in [4.69, 9.17) is 0 Å². The Morgan fingerprint density at radius 2 is 1.76 bits per heavy atom. The van der Waals surface area contributed by atoms with Crippen LogP contribution in [0.25, 0.3) is 0 Å². The number of unbranched alkanes of at least 4 members (excludes halogenated alkanes) is 2. The number of amides is 3. The second-order valence-corrected chi connectivity index (χ2v) is 4.21. The molecule has 0 atom stereocenters. The molecule has 6 heteroatoms. The third-order valence-corrected chi connectivity index (χ3v) is 2.44. The van der Waals surface area contributed by atoms with Gasteiger partial charge in [-0.3, -0.25) is 25.2 Å². The monoisotopic (exact) mass is 241 g/mol. The van der Waals surface area contributed by atoms with Gasteiger partial charge >= 0.3 is 11.8 Å². The first-order chi connectivity index (χ1) is 8.13. The van der Waals surface area contributed by atoms with Crippen LogP contribution >= 0.6 is 0 Å². The van der Waals surface area contributed by atoms with Gasteiger partial charge in [-0.1, -0.05) is 19.8 Å². The maximum atomic E-state index is 11.2. The molecule has 1 rings (SSSR count). The van der Waals surface area contributed by atoms with Gasteiger partial charge in [-0.05, 0) is 19.3 Å². The average Bonchev–Trinajstić information content (AvgIpc) is 3.10. The van der Waals surface area contributed by atoms with Crippen molar-refractivity contribution in [2.75, 3.05) is 0 Å². The molecule has 0 aromatic carbocycles. The lowest BCUT2D eigenvalue weighted by Crippen LogP contribution is -2.48. The van der Waals surface area contributed by atoms with E-state index in [1.54, 1.807) is 0 Å². The van der Waals surface area contributed by atoms with E-state index in [1.807, 2.05) is 6.92 Å². The van der Waals surface area contributed by atoms with Crippen LogP contribution in [0.15, 0.2) is 0 Å². The molecule has 1 aliphatic rings. The highest BCUT2D eigenvalue weighted by Crippen LogP contribution is 2.18. The van der Waals surface area contributed by atoms with Crippen LogP contribution < -0.4 is 16.2 Å². The van der Waals surface area contributed by atoms with Crippen LogP contribution in [-0.4, -0.2) is 23.8 Å². The zero-order chi connectivity index (χ0) is 12.7. The molecule has 0 heterocycles. The Kier molecular flexibility index (Phi) is 5.45. The molecule has 17 heavy (non-hydrogen) atoms. The lowest BCUT2D eigenvalue weighted by molar-refractivity contribution is -0.141. The van der Waals surface area contributed by atoms with Gasteiger partial charge in [0.15, 0.2) is 0 Å². The maximum Gasteiger partial charge on any atom is 0.327 e. The summed E-state index contributed by atoms with van der Waals surface area (Å²) in [6, 6.07) is 0.133. The zero-order valence-electron chi connectivity index (χ0n) is 10.0. The smallest absolute Gasteiger partial charge is 0.327 e. The van der Waals surface area contributed by atoms with Gasteiger partial charge in [0, 0.05) is 12.5 Å². The van der Waals surface area contributed by atoms with Crippen molar-refractivity contribution in [1.29, 1.82) is 0 Å². The molecule has 0 unspecified atom stereocenters. The van der Waals surface area contributed by atoms with Gasteiger partial charge < -0.3 is 5.32 Å². The molecule has 3 N–H and O–H groups in total. The Hall–Kier alpha value is -1.59. The standard InChI is InChI=1S/C11H19N3O3/c1-2-3-4-5-9(15)13-14-11(17)10(16)12-8-6-7-8/h8H,2-7H2,1H3,(H,12,16)(H,13,15)(H,14,17). The number of carbonyl (C=O) groups excluding carboxylic acids is 3. The van der Waals surface area contributed by atoms with Gasteiger partial charge in [0.2, 0.25) is 5.91 Å². The number of hydrogen-bond acceptors (Lipinski definition) is 3. The lowest BCUT2D eigenvalue weighted by Gasteiger charge is -2.07. The SMILES string of the molecule is CCCCCC(=O)NNC(=O)C(=O)NC1CC1. The highest BCUT2D eigenvalue weighted by Gasteiger charge is 2.26. The molecule has 6 nitrogen and oxygen atoms in total. The molecule has 1 saturated carbocycles. The van der Waals surface area contributed by atoms with Crippen molar-refractivity contribution in [2.24, 2.45) is 0 Å². The van der Waals surface area contributed by atoms with E-state index in [-0.39, 0.29) is 11.9 Å². The minimum Gasteiger partial charge on any atom is -0.345 e. The van der Waals surface area contributed by atoms with Gasteiger partial charge in [-0.25, -0.2) is 0 Å². The summed E-state index contributed by atoms with van der Waals surface area (Å²) in [6.07, 6.45) is 4.99. The van der Waals surface area contributed by atoms with Crippen molar-refractivity contribution >= 4 is 17.7 Å². The van der Waals surface area contributed by atoms with Crippen LogP contribution in [0.4, 0.5) is 0 Å². The molecule has 96 valence electrons. The molecule has 1 fully saturated rings. The van der Waals surface area contributed by atoms with Crippen molar-refractivity contribution in [1.82, 2.24) is 16.2 Å². The fourth-order valence-electron chi connectivity index (χ4n) is 1.26. The number of rotatable bonds is 5. The summed E-state index contributed by atoms with van der Waals surface area (Å²) in [4.78, 5) is 33.6. The lowest BCUT2D eigenvalue weighted by atomic mass is 10.2. The summed E-state index contributed by atoms with van der Waals surface area (Å²) in [5.74, 6) is -1.78. The third kappa shape index (κ3) is 5.89. The van der Waals surface area contributed by atoms with E-state index < -0.39 is 11.8 Å². The van der Waals surface area contributed by atoms with Crippen molar-refractivity contribution in [3.63, 3.8) is 0 Å². The Morgan fingerprint density at radius 1 is 1.06 bits per heavy atom. The quantitative estimate of drug-likeness (QED) is 0.359.